The lowest BCUT2D eigenvalue weighted by Crippen LogP contribution is -1.93. The number of benzene rings is 1. The maximum Gasteiger partial charge on any atom is 0.107 e. The number of fused-ring (bicyclic) bond motifs is 1. The number of nitrogen functional groups attached to an aromatic ring is 2. The predicted molar refractivity (Wildman–Crippen MR) is 58.9 cm³/mol. The number of H-pyrrole nitrogens is 1. The third-order valence-electron chi connectivity index (χ3n) is 2.22. The van der Waals surface area contributed by atoms with Crippen LogP contribution in [0.15, 0.2) is 12.1 Å². The molecular weight excluding hydrogens is 176 g/mol. The van der Waals surface area contributed by atoms with Gasteiger partial charge in [-0.25, -0.2) is 4.98 Å². The third-order valence-corrected chi connectivity index (χ3v) is 2.22. The third kappa shape index (κ3) is 1.39. The van der Waals surface area contributed by atoms with E-state index < -0.39 is 0 Å². The molecule has 1 heterocycles. The minimum atomic E-state index is 0.590. The van der Waals surface area contributed by atoms with Crippen LogP contribution in [0.4, 0.5) is 11.4 Å². The van der Waals surface area contributed by atoms with E-state index in [1.165, 1.54) is 0 Å². The molecule has 0 aliphatic heterocycles. The van der Waals surface area contributed by atoms with Crippen molar-refractivity contribution in [1.82, 2.24) is 9.97 Å². The van der Waals surface area contributed by atoms with Gasteiger partial charge in [-0.15, -0.1) is 0 Å². The number of anilines is 2. The smallest absolute Gasteiger partial charge is 0.107 e. The second kappa shape index (κ2) is 3.21. The van der Waals surface area contributed by atoms with Crippen LogP contribution in [-0.2, 0) is 6.42 Å². The molecule has 0 aliphatic rings. The van der Waals surface area contributed by atoms with E-state index in [9.17, 15) is 0 Å². The van der Waals surface area contributed by atoms with Crippen LogP contribution < -0.4 is 11.5 Å². The molecule has 0 bridgehead atoms. The number of aromatic nitrogens is 2. The summed E-state index contributed by atoms with van der Waals surface area (Å²) in [6.07, 6.45) is 2.03. The number of imidazole rings is 1. The number of nitrogens with two attached hydrogens (primary N) is 2. The molecule has 5 N–H and O–H groups in total. The molecule has 4 nitrogen and oxygen atoms in total. The maximum absolute atomic E-state index is 5.70. The number of rotatable bonds is 2. The number of nitrogens with one attached hydrogen (secondary N) is 1. The highest BCUT2D eigenvalue weighted by Gasteiger charge is 2.04. The van der Waals surface area contributed by atoms with Gasteiger partial charge in [0.1, 0.15) is 5.82 Å². The van der Waals surface area contributed by atoms with Gasteiger partial charge in [-0.1, -0.05) is 6.92 Å². The molecule has 0 fully saturated rings. The highest BCUT2D eigenvalue weighted by Crippen LogP contribution is 2.22. The fraction of sp³-hybridized carbons (Fsp3) is 0.300. The molecule has 0 saturated carbocycles. The second-order valence-corrected chi connectivity index (χ2v) is 3.43. The summed E-state index contributed by atoms with van der Waals surface area (Å²) in [4.78, 5) is 7.63. The van der Waals surface area contributed by atoms with E-state index in [0.29, 0.717) is 11.4 Å². The van der Waals surface area contributed by atoms with Gasteiger partial charge in [0.2, 0.25) is 0 Å². The van der Waals surface area contributed by atoms with Gasteiger partial charge in [0, 0.05) is 6.42 Å². The first-order valence-corrected chi connectivity index (χ1v) is 4.74. The molecule has 2 rings (SSSR count). The van der Waals surface area contributed by atoms with Gasteiger partial charge in [-0.2, -0.15) is 0 Å². The molecule has 4 heteroatoms. The lowest BCUT2D eigenvalue weighted by Gasteiger charge is -1.97. The summed E-state index contributed by atoms with van der Waals surface area (Å²) >= 11 is 0. The van der Waals surface area contributed by atoms with Gasteiger partial charge in [-0.3, -0.25) is 0 Å². The number of hydrogen-bond donors (Lipinski definition) is 3. The summed E-state index contributed by atoms with van der Waals surface area (Å²) in [5.74, 6) is 0.993. The first-order valence-electron chi connectivity index (χ1n) is 4.74. The quantitative estimate of drug-likeness (QED) is 0.630. The van der Waals surface area contributed by atoms with Crippen molar-refractivity contribution in [3.8, 4) is 0 Å². The number of nitrogens with zero attached hydrogens (tertiary/aromatic N) is 1. The van der Waals surface area contributed by atoms with Crippen LogP contribution in [0.3, 0.4) is 0 Å². The zero-order chi connectivity index (χ0) is 10.1. The van der Waals surface area contributed by atoms with E-state index in [4.69, 9.17) is 11.5 Å². The molecule has 0 saturated heterocycles. The Bertz CT molecular complexity index is 419. The van der Waals surface area contributed by atoms with E-state index in [2.05, 4.69) is 16.9 Å². The van der Waals surface area contributed by atoms with Crippen molar-refractivity contribution in [2.75, 3.05) is 11.5 Å². The molecule has 0 radical (unpaired) electrons. The average Bonchev–Trinajstić information content (AvgIpc) is 2.48. The van der Waals surface area contributed by atoms with Crippen LogP contribution in [0.1, 0.15) is 19.2 Å². The van der Waals surface area contributed by atoms with Crippen molar-refractivity contribution < 1.29 is 0 Å². The minimum absolute atomic E-state index is 0.590. The molecule has 0 aliphatic carbocycles. The molecular formula is C10H14N4. The number of aryl methyl sites for hydroxylation is 1. The highest BCUT2D eigenvalue weighted by molar-refractivity contribution is 5.85. The summed E-state index contributed by atoms with van der Waals surface area (Å²) in [7, 11) is 0. The van der Waals surface area contributed by atoms with E-state index >= 15 is 0 Å². The van der Waals surface area contributed by atoms with Gasteiger partial charge in [0.25, 0.3) is 0 Å². The molecule has 14 heavy (non-hydrogen) atoms. The Kier molecular flexibility index (Phi) is 2.04. The SMILES string of the molecule is CCCc1nc2cc(N)c(N)cc2[nH]1. The van der Waals surface area contributed by atoms with Crippen molar-refractivity contribution in [2.45, 2.75) is 19.8 Å². The predicted octanol–water partition coefficient (Wildman–Crippen LogP) is 1.68. The van der Waals surface area contributed by atoms with Crippen LogP contribution >= 0.6 is 0 Å². The Labute approximate surface area is 82.3 Å². The Morgan fingerprint density at radius 3 is 2.71 bits per heavy atom. The van der Waals surface area contributed by atoms with Crippen LogP contribution in [-0.4, -0.2) is 9.97 Å². The molecule has 74 valence electrons. The van der Waals surface area contributed by atoms with Crippen LogP contribution in [0, 0.1) is 0 Å². The Hall–Kier alpha value is -1.71. The van der Waals surface area contributed by atoms with Gasteiger partial charge in [0.15, 0.2) is 0 Å². The molecule has 2 aromatic rings. The summed E-state index contributed by atoms with van der Waals surface area (Å²) in [5.41, 5.74) is 14.4. The normalized spacial score (nSPS) is 10.9. The van der Waals surface area contributed by atoms with Gasteiger partial charge < -0.3 is 16.5 Å². The fourth-order valence-corrected chi connectivity index (χ4v) is 1.50. The van der Waals surface area contributed by atoms with Crippen molar-refractivity contribution in [1.29, 1.82) is 0 Å². The fourth-order valence-electron chi connectivity index (χ4n) is 1.50. The Balaban J connectivity index is 2.54. The lowest BCUT2D eigenvalue weighted by atomic mass is 10.2. The molecule has 1 aromatic carbocycles. The molecule has 0 amide bonds. The van der Waals surface area contributed by atoms with E-state index in [1.807, 2.05) is 6.07 Å². The van der Waals surface area contributed by atoms with Crippen LogP contribution in [0.25, 0.3) is 11.0 Å². The van der Waals surface area contributed by atoms with Gasteiger partial charge in [0.05, 0.1) is 22.4 Å². The maximum atomic E-state index is 5.70. The summed E-state index contributed by atoms with van der Waals surface area (Å²) in [6, 6.07) is 3.64. The number of aromatic amines is 1. The monoisotopic (exact) mass is 190 g/mol. The zero-order valence-electron chi connectivity index (χ0n) is 8.17. The molecule has 0 unspecified atom stereocenters. The van der Waals surface area contributed by atoms with Crippen molar-refractivity contribution in [2.24, 2.45) is 0 Å². The largest absolute Gasteiger partial charge is 0.397 e. The average molecular weight is 190 g/mol. The van der Waals surface area contributed by atoms with Crippen molar-refractivity contribution in [3.63, 3.8) is 0 Å². The van der Waals surface area contributed by atoms with Crippen LogP contribution in [0.2, 0.25) is 0 Å². The first kappa shape index (κ1) is 8.87. The standard InChI is InChI=1S/C10H14N4/c1-2-3-10-13-8-4-6(11)7(12)5-9(8)14-10/h4-5H,2-3,11-12H2,1H3,(H,13,14). The van der Waals surface area contributed by atoms with Crippen LogP contribution in [0.5, 0.6) is 0 Å². The molecule has 1 aromatic heterocycles. The summed E-state index contributed by atoms with van der Waals surface area (Å²) < 4.78 is 0. The highest BCUT2D eigenvalue weighted by atomic mass is 14.9. The second-order valence-electron chi connectivity index (χ2n) is 3.43. The summed E-state index contributed by atoms with van der Waals surface area (Å²) in [5, 5.41) is 0. The first-order chi connectivity index (χ1) is 6.70. The zero-order valence-corrected chi connectivity index (χ0v) is 8.17. The van der Waals surface area contributed by atoms with Gasteiger partial charge in [-0.05, 0) is 18.6 Å². The lowest BCUT2D eigenvalue weighted by molar-refractivity contribution is 0.861. The van der Waals surface area contributed by atoms with Crippen molar-refractivity contribution >= 4 is 22.4 Å². The van der Waals surface area contributed by atoms with Crippen molar-refractivity contribution in [3.05, 3.63) is 18.0 Å². The summed E-state index contributed by atoms with van der Waals surface area (Å²) in [6.45, 7) is 2.12. The van der Waals surface area contributed by atoms with E-state index in [-0.39, 0.29) is 0 Å². The minimum Gasteiger partial charge on any atom is -0.397 e. The molecule has 0 spiro atoms. The van der Waals surface area contributed by atoms with E-state index in [1.54, 1.807) is 6.07 Å². The number of hydrogen-bond acceptors (Lipinski definition) is 3. The van der Waals surface area contributed by atoms with Gasteiger partial charge >= 0.3 is 0 Å². The topological polar surface area (TPSA) is 80.7 Å². The molecule has 0 atom stereocenters. The van der Waals surface area contributed by atoms with E-state index in [0.717, 1.165) is 29.7 Å². The Morgan fingerprint density at radius 2 is 2.00 bits per heavy atom. The Morgan fingerprint density at radius 1 is 1.29 bits per heavy atom.